The van der Waals surface area contributed by atoms with Crippen LogP contribution in [0.15, 0.2) is 36.4 Å². The number of anilines is 1. The number of piperazine rings is 1. The fourth-order valence-corrected chi connectivity index (χ4v) is 5.03. The number of fused-ring (bicyclic) bond motifs is 2. The first-order chi connectivity index (χ1) is 17.0. The molecule has 2 N–H and O–H groups in total. The summed E-state index contributed by atoms with van der Waals surface area (Å²) in [7, 11) is 0. The maximum Gasteiger partial charge on any atom is 0.342 e. The van der Waals surface area contributed by atoms with Gasteiger partial charge in [0.2, 0.25) is 5.91 Å². The molecule has 4 amide bonds. The molecule has 10 nitrogen and oxygen atoms in total. The van der Waals surface area contributed by atoms with Crippen molar-refractivity contribution in [2.45, 2.75) is 19.5 Å². The van der Waals surface area contributed by atoms with Crippen molar-refractivity contribution in [2.24, 2.45) is 0 Å². The van der Waals surface area contributed by atoms with E-state index < -0.39 is 6.03 Å². The van der Waals surface area contributed by atoms with Crippen LogP contribution in [-0.2, 0) is 17.9 Å². The standard InChI is InChI=1S/C24H24FN7O3/c25-17-2-4-19-20(12-17)27-28-22(19)30-9-7-29(8-10-30)13-15-1-3-18-16(11-15)14-32(23(18)34)31-6-5-21(33)26-24(31)35/h1-4,11-12H,5-10,13-14H2,(H,27,28)(H,26,33,35). The number of carbonyl (C=O) groups is 3. The third kappa shape index (κ3) is 3.87. The molecular weight excluding hydrogens is 453 g/mol. The summed E-state index contributed by atoms with van der Waals surface area (Å²) < 4.78 is 13.5. The Morgan fingerprint density at radius 1 is 0.943 bits per heavy atom. The van der Waals surface area contributed by atoms with Gasteiger partial charge in [0, 0.05) is 50.1 Å². The number of carbonyl (C=O) groups excluding carboxylic acids is 3. The summed E-state index contributed by atoms with van der Waals surface area (Å²) in [6.07, 6.45) is 0.175. The van der Waals surface area contributed by atoms with Crippen LogP contribution in [0.1, 0.15) is 27.9 Å². The van der Waals surface area contributed by atoms with Crippen LogP contribution in [0.5, 0.6) is 0 Å². The molecule has 4 heterocycles. The minimum Gasteiger partial charge on any atom is -0.352 e. The van der Waals surface area contributed by atoms with E-state index in [4.69, 9.17) is 0 Å². The quantitative estimate of drug-likeness (QED) is 0.594. The molecule has 180 valence electrons. The SMILES string of the molecule is O=C1CCN(N2Cc3cc(CN4CCN(c5n[nH]c6cc(F)ccc56)CC4)ccc3C2=O)C(=O)N1. The van der Waals surface area contributed by atoms with Crippen LogP contribution < -0.4 is 10.2 Å². The van der Waals surface area contributed by atoms with Crippen LogP contribution in [-0.4, -0.2) is 75.7 Å². The monoisotopic (exact) mass is 477 g/mol. The minimum atomic E-state index is -0.560. The molecule has 1 aromatic heterocycles. The van der Waals surface area contributed by atoms with E-state index in [2.05, 4.69) is 25.3 Å². The molecule has 0 spiro atoms. The van der Waals surface area contributed by atoms with Gasteiger partial charge in [0.25, 0.3) is 5.91 Å². The Balaban J connectivity index is 1.10. The first-order valence-corrected chi connectivity index (χ1v) is 11.6. The third-order valence-electron chi connectivity index (χ3n) is 6.86. The highest BCUT2D eigenvalue weighted by molar-refractivity contribution is 6.02. The minimum absolute atomic E-state index is 0.175. The zero-order chi connectivity index (χ0) is 24.1. The highest BCUT2D eigenvalue weighted by atomic mass is 19.1. The van der Waals surface area contributed by atoms with E-state index in [1.165, 1.54) is 22.2 Å². The van der Waals surface area contributed by atoms with E-state index in [9.17, 15) is 18.8 Å². The molecular formula is C24H24FN7O3. The zero-order valence-corrected chi connectivity index (χ0v) is 19.0. The average molecular weight is 478 g/mol. The van der Waals surface area contributed by atoms with E-state index in [0.717, 1.165) is 55.1 Å². The van der Waals surface area contributed by atoms with Gasteiger partial charge < -0.3 is 4.90 Å². The smallest absolute Gasteiger partial charge is 0.342 e. The van der Waals surface area contributed by atoms with Gasteiger partial charge in [-0.2, -0.15) is 5.10 Å². The summed E-state index contributed by atoms with van der Waals surface area (Å²) in [5, 5.41) is 13.2. The number of rotatable bonds is 4. The van der Waals surface area contributed by atoms with Crippen LogP contribution >= 0.6 is 0 Å². The number of hydrogen-bond donors (Lipinski definition) is 2. The number of nitrogens with one attached hydrogen (secondary N) is 2. The molecule has 3 aliphatic rings. The summed E-state index contributed by atoms with van der Waals surface area (Å²) in [6, 6.07) is 9.93. The lowest BCUT2D eigenvalue weighted by molar-refractivity contribution is -0.123. The normalized spacial score (nSPS) is 19.0. The van der Waals surface area contributed by atoms with Crippen molar-refractivity contribution in [3.05, 3.63) is 58.9 Å². The number of benzene rings is 2. The van der Waals surface area contributed by atoms with Crippen LogP contribution in [0, 0.1) is 5.82 Å². The lowest BCUT2D eigenvalue weighted by atomic mass is 10.1. The number of nitrogens with zero attached hydrogens (tertiary/aromatic N) is 5. The number of urea groups is 1. The van der Waals surface area contributed by atoms with Crippen LogP contribution in [0.3, 0.4) is 0 Å². The number of aromatic nitrogens is 2. The largest absolute Gasteiger partial charge is 0.352 e. The van der Waals surface area contributed by atoms with Gasteiger partial charge in [-0.1, -0.05) is 12.1 Å². The molecule has 0 radical (unpaired) electrons. The van der Waals surface area contributed by atoms with Gasteiger partial charge in [0.1, 0.15) is 5.82 Å². The fourth-order valence-electron chi connectivity index (χ4n) is 5.03. The molecule has 0 atom stereocenters. The molecule has 3 aromatic rings. The molecule has 11 heteroatoms. The van der Waals surface area contributed by atoms with Gasteiger partial charge in [0.15, 0.2) is 5.82 Å². The number of halogens is 1. The second-order valence-electron chi connectivity index (χ2n) is 9.08. The van der Waals surface area contributed by atoms with Gasteiger partial charge in [0.05, 0.1) is 18.6 Å². The Labute approximate surface area is 200 Å². The van der Waals surface area contributed by atoms with Crippen molar-refractivity contribution in [1.82, 2.24) is 30.4 Å². The molecule has 2 fully saturated rings. The molecule has 0 aliphatic carbocycles. The molecule has 0 unspecified atom stereocenters. The van der Waals surface area contributed by atoms with Crippen molar-refractivity contribution >= 4 is 34.6 Å². The zero-order valence-electron chi connectivity index (χ0n) is 19.0. The maximum atomic E-state index is 13.5. The van der Waals surface area contributed by atoms with E-state index in [1.54, 1.807) is 6.07 Å². The molecule has 3 aliphatic heterocycles. The molecule has 35 heavy (non-hydrogen) atoms. The Morgan fingerprint density at radius 3 is 2.57 bits per heavy atom. The fraction of sp³-hybridized carbons (Fsp3) is 0.333. The van der Waals surface area contributed by atoms with Crippen molar-refractivity contribution in [3.8, 4) is 0 Å². The topological polar surface area (TPSA) is 105 Å². The Kier molecular flexibility index (Phi) is 5.14. The highest BCUT2D eigenvalue weighted by Crippen LogP contribution is 2.28. The lowest BCUT2D eigenvalue weighted by Gasteiger charge is -2.35. The Morgan fingerprint density at radius 2 is 1.77 bits per heavy atom. The van der Waals surface area contributed by atoms with Crippen molar-refractivity contribution in [2.75, 3.05) is 37.6 Å². The Bertz CT molecular complexity index is 1350. The second kappa shape index (κ2) is 8.35. The van der Waals surface area contributed by atoms with Crippen LogP contribution in [0.2, 0.25) is 0 Å². The highest BCUT2D eigenvalue weighted by Gasteiger charge is 2.37. The van der Waals surface area contributed by atoms with E-state index in [1.807, 2.05) is 18.2 Å². The third-order valence-corrected chi connectivity index (χ3v) is 6.86. The van der Waals surface area contributed by atoms with E-state index in [-0.39, 0.29) is 30.6 Å². The van der Waals surface area contributed by atoms with Crippen LogP contribution in [0.4, 0.5) is 15.0 Å². The molecule has 0 bridgehead atoms. The second-order valence-corrected chi connectivity index (χ2v) is 9.08. The van der Waals surface area contributed by atoms with E-state index in [0.29, 0.717) is 17.6 Å². The van der Waals surface area contributed by atoms with Gasteiger partial charge in [-0.05, 0) is 35.4 Å². The van der Waals surface area contributed by atoms with Gasteiger partial charge in [-0.15, -0.1) is 0 Å². The predicted octanol–water partition coefficient (Wildman–Crippen LogP) is 1.84. The number of aromatic amines is 1. The average Bonchev–Trinajstić information content (AvgIpc) is 3.40. The summed E-state index contributed by atoms with van der Waals surface area (Å²) in [5.41, 5.74) is 3.26. The van der Waals surface area contributed by atoms with Crippen molar-refractivity contribution in [1.29, 1.82) is 0 Å². The lowest BCUT2D eigenvalue weighted by Crippen LogP contribution is -2.56. The molecule has 2 aromatic carbocycles. The molecule has 2 saturated heterocycles. The number of hydrogen-bond acceptors (Lipinski definition) is 6. The van der Waals surface area contributed by atoms with Crippen molar-refractivity contribution < 1.29 is 18.8 Å². The summed E-state index contributed by atoms with van der Waals surface area (Å²) >= 11 is 0. The Hall–Kier alpha value is -3.99. The first-order valence-electron chi connectivity index (χ1n) is 11.6. The van der Waals surface area contributed by atoms with Gasteiger partial charge in [-0.25, -0.2) is 19.2 Å². The van der Waals surface area contributed by atoms with Gasteiger partial charge in [-0.3, -0.25) is 24.9 Å². The number of hydrazine groups is 1. The van der Waals surface area contributed by atoms with Crippen molar-refractivity contribution in [3.63, 3.8) is 0 Å². The predicted molar refractivity (Wildman–Crippen MR) is 125 cm³/mol. The number of H-pyrrole nitrogens is 1. The number of imide groups is 1. The molecule has 0 saturated carbocycles. The summed E-state index contributed by atoms with van der Waals surface area (Å²) in [4.78, 5) is 41.0. The first kappa shape index (κ1) is 21.5. The maximum absolute atomic E-state index is 13.5. The number of amides is 4. The molecule has 6 rings (SSSR count). The summed E-state index contributed by atoms with van der Waals surface area (Å²) in [6.45, 7) is 4.56. The van der Waals surface area contributed by atoms with Crippen LogP contribution in [0.25, 0.3) is 10.9 Å². The van der Waals surface area contributed by atoms with E-state index >= 15 is 0 Å². The summed E-state index contributed by atoms with van der Waals surface area (Å²) in [5.74, 6) is 0.00755. The van der Waals surface area contributed by atoms with Gasteiger partial charge >= 0.3 is 6.03 Å².